The number of anilines is 2. The van der Waals surface area contributed by atoms with Gasteiger partial charge in [-0.3, -0.25) is 9.69 Å². The van der Waals surface area contributed by atoms with Gasteiger partial charge in [-0.2, -0.15) is 5.26 Å². The molecule has 2 heterocycles. The number of amides is 1. The molecule has 176 valence electrons. The summed E-state index contributed by atoms with van der Waals surface area (Å²) >= 11 is 7.31. The number of nitrogens with zero attached hydrogens (tertiary/aromatic N) is 4. The number of aryl methyl sites for hydroxylation is 1. The number of benzene rings is 1. The Labute approximate surface area is 207 Å². The summed E-state index contributed by atoms with van der Waals surface area (Å²) in [7, 11) is 0. The molecule has 2 aromatic heterocycles. The molecule has 0 aliphatic rings. The van der Waals surface area contributed by atoms with Crippen LogP contribution in [0.4, 0.5) is 10.8 Å². The maximum atomic E-state index is 12.6. The Kier molecular flexibility index (Phi) is 8.26. The second-order valence-electron chi connectivity index (χ2n) is 7.68. The number of hydrogen-bond acceptors (Lipinski definition) is 6. The van der Waals surface area contributed by atoms with Gasteiger partial charge in [0.25, 0.3) is 0 Å². The number of thiazole rings is 1. The number of hydrogen-bond donors (Lipinski definition) is 0. The van der Waals surface area contributed by atoms with Crippen molar-refractivity contribution in [3.63, 3.8) is 0 Å². The number of carbonyl (C=O) groups is 2. The fraction of sp³-hybridized carbons (Fsp3) is 0.280. The van der Waals surface area contributed by atoms with Gasteiger partial charge in [0.2, 0.25) is 5.91 Å². The van der Waals surface area contributed by atoms with Crippen molar-refractivity contribution in [1.29, 1.82) is 5.26 Å². The summed E-state index contributed by atoms with van der Waals surface area (Å²) in [5, 5.41) is 12.2. The minimum Gasteiger partial charge on any atom is -0.455 e. The van der Waals surface area contributed by atoms with E-state index in [1.54, 1.807) is 35.7 Å². The van der Waals surface area contributed by atoms with Crippen LogP contribution in [0.2, 0.25) is 5.02 Å². The van der Waals surface area contributed by atoms with Gasteiger partial charge >= 0.3 is 5.97 Å². The van der Waals surface area contributed by atoms with Gasteiger partial charge in [-0.25, -0.2) is 9.78 Å². The molecule has 1 amide bonds. The first-order chi connectivity index (χ1) is 16.2. The highest BCUT2D eigenvalue weighted by Gasteiger charge is 2.19. The molecule has 7 nitrogen and oxygen atoms in total. The number of ether oxygens (including phenoxy) is 1. The molecule has 0 spiro atoms. The molecule has 0 radical (unpaired) electrons. The zero-order valence-corrected chi connectivity index (χ0v) is 21.0. The summed E-state index contributed by atoms with van der Waals surface area (Å²) in [4.78, 5) is 30.7. The molecule has 0 aliphatic carbocycles. The predicted molar refractivity (Wildman–Crippen MR) is 134 cm³/mol. The molecular weight excluding hydrogens is 472 g/mol. The molecule has 0 unspecified atom stereocenters. The van der Waals surface area contributed by atoms with Crippen molar-refractivity contribution in [3.05, 3.63) is 69.0 Å². The highest BCUT2D eigenvalue weighted by molar-refractivity contribution is 7.14. The van der Waals surface area contributed by atoms with Crippen molar-refractivity contribution in [2.75, 3.05) is 4.90 Å². The molecule has 9 heteroatoms. The van der Waals surface area contributed by atoms with E-state index in [1.165, 1.54) is 23.2 Å². The Morgan fingerprint density at radius 3 is 2.74 bits per heavy atom. The van der Waals surface area contributed by atoms with Gasteiger partial charge in [0, 0.05) is 35.3 Å². The summed E-state index contributed by atoms with van der Waals surface area (Å²) in [5.41, 5.74) is 3.86. The van der Waals surface area contributed by atoms with Gasteiger partial charge in [-0.05, 0) is 56.2 Å². The third kappa shape index (κ3) is 5.74. The molecule has 0 aliphatic heterocycles. The van der Waals surface area contributed by atoms with Gasteiger partial charge in [0.1, 0.15) is 18.2 Å². The third-order valence-electron chi connectivity index (χ3n) is 5.16. The summed E-state index contributed by atoms with van der Waals surface area (Å²) in [5.74, 6) is -0.953. The average molecular weight is 497 g/mol. The minimum absolute atomic E-state index is 0.0866. The summed E-state index contributed by atoms with van der Waals surface area (Å²) < 4.78 is 7.50. The van der Waals surface area contributed by atoms with E-state index < -0.39 is 5.97 Å². The van der Waals surface area contributed by atoms with Crippen LogP contribution >= 0.6 is 22.9 Å². The lowest BCUT2D eigenvalue weighted by Crippen LogP contribution is -2.22. The summed E-state index contributed by atoms with van der Waals surface area (Å²) in [6, 6.07) is 10.8. The lowest BCUT2D eigenvalue weighted by atomic mass is 10.1. The smallest absolute Gasteiger partial charge is 0.349 e. The number of nitriles is 1. The first kappa shape index (κ1) is 25.2. The van der Waals surface area contributed by atoms with Crippen molar-refractivity contribution in [2.24, 2.45) is 0 Å². The second kappa shape index (κ2) is 11.1. The first-order valence-electron chi connectivity index (χ1n) is 10.7. The van der Waals surface area contributed by atoms with Crippen molar-refractivity contribution < 1.29 is 14.3 Å². The normalized spacial score (nSPS) is 11.2. The van der Waals surface area contributed by atoms with E-state index in [0.717, 1.165) is 29.9 Å². The number of rotatable bonds is 8. The van der Waals surface area contributed by atoms with Crippen LogP contribution in [-0.2, 0) is 27.5 Å². The van der Waals surface area contributed by atoms with E-state index in [9.17, 15) is 14.9 Å². The van der Waals surface area contributed by atoms with Crippen LogP contribution in [0.15, 0.2) is 41.3 Å². The zero-order valence-electron chi connectivity index (χ0n) is 19.5. The number of esters is 1. The maximum Gasteiger partial charge on any atom is 0.349 e. The van der Waals surface area contributed by atoms with Crippen LogP contribution in [0.5, 0.6) is 0 Å². The van der Waals surface area contributed by atoms with E-state index in [0.29, 0.717) is 21.5 Å². The fourth-order valence-corrected chi connectivity index (χ4v) is 4.61. The van der Waals surface area contributed by atoms with Crippen LogP contribution < -0.4 is 4.90 Å². The van der Waals surface area contributed by atoms with E-state index in [2.05, 4.69) is 16.5 Å². The lowest BCUT2D eigenvalue weighted by molar-refractivity contribution is -0.139. The van der Waals surface area contributed by atoms with Gasteiger partial charge in [-0.15, -0.1) is 11.3 Å². The topological polar surface area (TPSA) is 88.2 Å². The van der Waals surface area contributed by atoms with Crippen molar-refractivity contribution in [2.45, 2.75) is 47.3 Å². The SMILES string of the molecule is CCCn1c(C)cc(/C=C(\C#N)C(=O)OCc2csc(N(C(C)=O)c3cccc(Cl)c3)n2)c1C. The van der Waals surface area contributed by atoms with Crippen molar-refractivity contribution in [1.82, 2.24) is 9.55 Å². The van der Waals surface area contributed by atoms with Crippen molar-refractivity contribution >= 4 is 51.7 Å². The number of aromatic nitrogens is 2. The Morgan fingerprint density at radius 2 is 2.09 bits per heavy atom. The molecule has 1 aromatic carbocycles. The molecule has 3 rings (SSSR count). The maximum absolute atomic E-state index is 12.6. The van der Waals surface area contributed by atoms with Crippen LogP contribution in [0, 0.1) is 25.2 Å². The van der Waals surface area contributed by atoms with E-state index >= 15 is 0 Å². The van der Waals surface area contributed by atoms with E-state index in [4.69, 9.17) is 16.3 Å². The summed E-state index contributed by atoms with van der Waals surface area (Å²) in [6.07, 6.45) is 2.54. The number of carbonyl (C=O) groups excluding carboxylic acids is 2. The van der Waals surface area contributed by atoms with Gasteiger partial charge in [-0.1, -0.05) is 24.6 Å². The Balaban J connectivity index is 1.74. The monoisotopic (exact) mass is 496 g/mol. The second-order valence-corrected chi connectivity index (χ2v) is 8.95. The Bertz CT molecular complexity index is 1290. The average Bonchev–Trinajstić information content (AvgIpc) is 3.35. The Hall–Kier alpha value is -3.41. The summed E-state index contributed by atoms with van der Waals surface area (Å²) in [6.45, 7) is 8.25. The zero-order chi connectivity index (χ0) is 24.8. The molecule has 0 fully saturated rings. The van der Waals surface area contributed by atoms with E-state index in [1.807, 2.05) is 26.0 Å². The lowest BCUT2D eigenvalue weighted by Gasteiger charge is -2.18. The van der Waals surface area contributed by atoms with E-state index in [-0.39, 0.29) is 18.1 Å². The minimum atomic E-state index is -0.726. The quantitative estimate of drug-likeness (QED) is 0.218. The molecule has 34 heavy (non-hydrogen) atoms. The van der Waals surface area contributed by atoms with Crippen LogP contribution in [0.3, 0.4) is 0 Å². The molecule has 0 bridgehead atoms. The largest absolute Gasteiger partial charge is 0.455 e. The number of halogens is 1. The molecule has 0 N–H and O–H groups in total. The van der Waals surface area contributed by atoms with Gasteiger partial charge in [0.05, 0.1) is 11.4 Å². The standard InChI is InChI=1S/C25H25ClN4O3S/c1-5-9-29-16(2)10-19(17(29)3)11-20(13-27)24(32)33-14-22-15-34-25(28-22)30(18(4)31)23-8-6-7-21(26)12-23/h6-8,10-12,15H,5,9,14H2,1-4H3/b20-11+. The Morgan fingerprint density at radius 1 is 1.32 bits per heavy atom. The van der Waals surface area contributed by atoms with Gasteiger partial charge < -0.3 is 9.30 Å². The van der Waals surface area contributed by atoms with Crippen LogP contribution in [-0.4, -0.2) is 21.4 Å². The fourth-order valence-electron chi connectivity index (χ4n) is 3.56. The van der Waals surface area contributed by atoms with Crippen LogP contribution in [0.1, 0.15) is 42.9 Å². The van der Waals surface area contributed by atoms with Gasteiger partial charge in [0.15, 0.2) is 5.13 Å². The predicted octanol–water partition coefficient (Wildman–Crippen LogP) is 5.96. The molecule has 0 saturated heterocycles. The highest BCUT2D eigenvalue weighted by atomic mass is 35.5. The highest BCUT2D eigenvalue weighted by Crippen LogP contribution is 2.30. The molecule has 0 saturated carbocycles. The van der Waals surface area contributed by atoms with Crippen LogP contribution in [0.25, 0.3) is 6.08 Å². The first-order valence-corrected chi connectivity index (χ1v) is 12.0. The van der Waals surface area contributed by atoms with Crippen molar-refractivity contribution in [3.8, 4) is 6.07 Å². The molecule has 0 atom stereocenters. The molecule has 3 aromatic rings. The molecular formula is C25H25ClN4O3S. The third-order valence-corrected chi connectivity index (χ3v) is 6.27.